The van der Waals surface area contributed by atoms with E-state index in [0.717, 1.165) is 24.5 Å². The first kappa shape index (κ1) is 13.4. The van der Waals surface area contributed by atoms with E-state index in [0.29, 0.717) is 0 Å². The van der Waals surface area contributed by atoms with Crippen LogP contribution >= 0.6 is 0 Å². The van der Waals surface area contributed by atoms with Gasteiger partial charge in [-0.3, -0.25) is 4.98 Å². The number of hydrogen-bond acceptors (Lipinski definition) is 3. The van der Waals surface area contributed by atoms with Gasteiger partial charge in [-0.15, -0.1) is 0 Å². The molecule has 1 N–H and O–H groups in total. The molecule has 2 aromatic rings. The monoisotopic (exact) mass is 256 g/mol. The van der Waals surface area contributed by atoms with Crippen LogP contribution in [0.5, 0.6) is 5.75 Å². The molecule has 0 aliphatic heterocycles. The van der Waals surface area contributed by atoms with Crippen molar-refractivity contribution in [2.24, 2.45) is 0 Å². The van der Waals surface area contributed by atoms with Crippen molar-refractivity contribution in [1.82, 2.24) is 4.98 Å². The second kappa shape index (κ2) is 6.78. The Labute approximate surface area is 114 Å². The van der Waals surface area contributed by atoms with E-state index in [4.69, 9.17) is 4.74 Å². The highest BCUT2D eigenvalue weighted by Gasteiger charge is 2.04. The average molecular weight is 256 g/mol. The Bertz CT molecular complexity index is 482. The number of nitrogens with zero attached hydrogens (tertiary/aromatic N) is 1. The molecule has 1 aromatic carbocycles. The molecule has 0 aliphatic carbocycles. The quantitative estimate of drug-likeness (QED) is 0.846. The lowest BCUT2D eigenvalue weighted by Gasteiger charge is -2.15. The molecule has 0 aliphatic rings. The molecule has 1 heterocycles. The fraction of sp³-hybridized carbons (Fsp3) is 0.312. The number of aromatic nitrogens is 1. The third kappa shape index (κ3) is 3.98. The second-order valence-corrected chi connectivity index (χ2v) is 4.53. The molecule has 3 heteroatoms. The van der Waals surface area contributed by atoms with Crippen LogP contribution in [-0.2, 0) is 0 Å². The van der Waals surface area contributed by atoms with E-state index in [-0.39, 0.29) is 6.04 Å². The summed E-state index contributed by atoms with van der Waals surface area (Å²) in [6, 6.07) is 12.3. The van der Waals surface area contributed by atoms with Gasteiger partial charge in [0.1, 0.15) is 5.75 Å². The van der Waals surface area contributed by atoms with Crippen LogP contribution in [0.15, 0.2) is 48.8 Å². The first-order valence-corrected chi connectivity index (χ1v) is 6.69. The maximum Gasteiger partial charge on any atom is 0.119 e. The van der Waals surface area contributed by atoms with Crippen molar-refractivity contribution in [2.45, 2.75) is 26.3 Å². The molecule has 1 atom stereocenters. The summed E-state index contributed by atoms with van der Waals surface area (Å²) in [6.07, 6.45) is 4.70. The number of hydrogen-bond donors (Lipinski definition) is 1. The Kier molecular flexibility index (Phi) is 4.78. The van der Waals surface area contributed by atoms with E-state index < -0.39 is 0 Å². The fourth-order valence-electron chi connectivity index (χ4n) is 1.83. The number of rotatable bonds is 6. The number of benzene rings is 1. The standard InChI is InChI=1S/C16H20N2O/c1-3-11-19-16-8-6-15(7-9-16)18-13(2)14-5-4-10-17-12-14/h4-10,12-13,18H,3,11H2,1-2H3. The van der Waals surface area contributed by atoms with E-state index in [2.05, 4.69) is 30.2 Å². The van der Waals surface area contributed by atoms with Crippen molar-refractivity contribution in [2.75, 3.05) is 11.9 Å². The Hall–Kier alpha value is -2.03. The van der Waals surface area contributed by atoms with Gasteiger partial charge in [-0.25, -0.2) is 0 Å². The van der Waals surface area contributed by atoms with Gasteiger partial charge >= 0.3 is 0 Å². The molecule has 0 spiro atoms. The average Bonchev–Trinajstić information content (AvgIpc) is 2.47. The Balaban J connectivity index is 1.96. The highest BCUT2D eigenvalue weighted by molar-refractivity contribution is 5.48. The van der Waals surface area contributed by atoms with Crippen LogP contribution in [0.4, 0.5) is 5.69 Å². The van der Waals surface area contributed by atoms with Crippen LogP contribution in [0.3, 0.4) is 0 Å². The lowest BCUT2D eigenvalue weighted by atomic mass is 10.1. The van der Waals surface area contributed by atoms with Crippen LogP contribution in [0.1, 0.15) is 31.9 Å². The van der Waals surface area contributed by atoms with Crippen molar-refractivity contribution in [3.05, 3.63) is 54.4 Å². The van der Waals surface area contributed by atoms with Gasteiger partial charge < -0.3 is 10.1 Å². The largest absolute Gasteiger partial charge is 0.494 e. The molecule has 1 unspecified atom stereocenters. The maximum atomic E-state index is 5.56. The van der Waals surface area contributed by atoms with Gasteiger partial charge in [0, 0.05) is 18.1 Å². The van der Waals surface area contributed by atoms with Crippen molar-refractivity contribution in [3.63, 3.8) is 0 Å². The Morgan fingerprint density at radius 1 is 1.21 bits per heavy atom. The minimum absolute atomic E-state index is 0.233. The van der Waals surface area contributed by atoms with Gasteiger partial charge in [0.25, 0.3) is 0 Å². The van der Waals surface area contributed by atoms with Gasteiger partial charge in [-0.1, -0.05) is 13.0 Å². The van der Waals surface area contributed by atoms with Crippen molar-refractivity contribution < 1.29 is 4.74 Å². The van der Waals surface area contributed by atoms with E-state index in [1.165, 1.54) is 5.56 Å². The van der Waals surface area contributed by atoms with Crippen molar-refractivity contribution in [3.8, 4) is 5.75 Å². The molecule has 3 nitrogen and oxygen atoms in total. The van der Waals surface area contributed by atoms with Crippen LogP contribution in [-0.4, -0.2) is 11.6 Å². The van der Waals surface area contributed by atoms with Crippen LogP contribution in [0, 0.1) is 0 Å². The van der Waals surface area contributed by atoms with E-state index in [9.17, 15) is 0 Å². The molecule has 0 saturated carbocycles. The van der Waals surface area contributed by atoms with Gasteiger partial charge in [0.15, 0.2) is 0 Å². The van der Waals surface area contributed by atoms with Crippen molar-refractivity contribution >= 4 is 5.69 Å². The summed E-state index contributed by atoms with van der Waals surface area (Å²) in [6.45, 7) is 4.99. The second-order valence-electron chi connectivity index (χ2n) is 4.53. The van der Waals surface area contributed by atoms with Crippen LogP contribution < -0.4 is 10.1 Å². The molecule has 19 heavy (non-hydrogen) atoms. The molecule has 0 radical (unpaired) electrons. The third-order valence-corrected chi connectivity index (χ3v) is 2.89. The number of pyridine rings is 1. The van der Waals surface area contributed by atoms with Gasteiger partial charge in [0.05, 0.1) is 12.6 Å². The van der Waals surface area contributed by atoms with E-state index in [1.807, 2.05) is 36.5 Å². The number of anilines is 1. The molecular weight excluding hydrogens is 236 g/mol. The summed E-state index contributed by atoms with van der Waals surface area (Å²) in [5, 5.41) is 3.45. The highest BCUT2D eigenvalue weighted by Crippen LogP contribution is 2.21. The topological polar surface area (TPSA) is 34.1 Å². The maximum absolute atomic E-state index is 5.56. The zero-order chi connectivity index (χ0) is 13.5. The minimum Gasteiger partial charge on any atom is -0.494 e. The number of nitrogens with one attached hydrogen (secondary N) is 1. The molecule has 0 saturated heterocycles. The first-order valence-electron chi connectivity index (χ1n) is 6.69. The SMILES string of the molecule is CCCOc1ccc(NC(C)c2cccnc2)cc1. The molecule has 0 fully saturated rings. The van der Waals surface area contributed by atoms with Gasteiger partial charge in [-0.05, 0) is 49.2 Å². The van der Waals surface area contributed by atoms with Crippen LogP contribution in [0.2, 0.25) is 0 Å². The minimum atomic E-state index is 0.233. The number of ether oxygens (including phenoxy) is 1. The summed E-state index contributed by atoms with van der Waals surface area (Å²) in [7, 11) is 0. The first-order chi connectivity index (χ1) is 9.29. The predicted molar refractivity (Wildman–Crippen MR) is 78.5 cm³/mol. The Morgan fingerprint density at radius 3 is 2.63 bits per heavy atom. The van der Waals surface area contributed by atoms with Gasteiger partial charge in [-0.2, -0.15) is 0 Å². The molecule has 2 rings (SSSR count). The lowest BCUT2D eigenvalue weighted by Crippen LogP contribution is -2.06. The normalized spacial score (nSPS) is 11.9. The lowest BCUT2D eigenvalue weighted by molar-refractivity contribution is 0.317. The summed E-state index contributed by atoms with van der Waals surface area (Å²) >= 11 is 0. The molecule has 1 aromatic heterocycles. The predicted octanol–water partition coefficient (Wildman–Crippen LogP) is 4.04. The van der Waals surface area contributed by atoms with Gasteiger partial charge in [0.2, 0.25) is 0 Å². The van der Waals surface area contributed by atoms with E-state index >= 15 is 0 Å². The molecule has 0 bridgehead atoms. The van der Waals surface area contributed by atoms with Crippen molar-refractivity contribution in [1.29, 1.82) is 0 Å². The molecule has 100 valence electrons. The summed E-state index contributed by atoms with van der Waals surface area (Å²) < 4.78 is 5.56. The zero-order valence-corrected chi connectivity index (χ0v) is 11.5. The highest BCUT2D eigenvalue weighted by atomic mass is 16.5. The van der Waals surface area contributed by atoms with Crippen LogP contribution in [0.25, 0.3) is 0 Å². The summed E-state index contributed by atoms with van der Waals surface area (Å²) in [4.78, 5) is 4.14. The third-order valence-electron chi connectivity index (χ3n) is 2.89. The molecule has 0 amide bonds. The zero-order valence-electron chi connectivity index (χ0n) is 11.5. The summed E-state index contributed by atoms with van der Waals surface area (Å²) in [5.41, 5.74) is 2.26. The summed E-state index contributed by atoms with van der Waals surface area (Å²) in [5.74, 6) is 0.918. The molecular formula is C16H20N2O. The Morgan fingerprint density at radius 2 is 2.00 bits per heavy atom. The fourth-order valence-corrected chi connectivity index (χ4v) is 1.83. The van der Waals surface area contributed by atoms with E-state index in [1.54, 1.807) is 6.20 Å². The smallest absolute Gasteiger partial charge is 0.119 e.